The Morgan fingerprint density at radius 3 is 2.37 bits per heavy atom. The van der Waals surface area contributed by atoms with Gasteiger partial charge < -0.3 is 14.4 Å². The van der Waals surface area contributed by atoms with Gasteiger partial charge in [-0.25, -0.2) is 0 Å². The Kier molecular flexibility index (Phi) is 5.79. The molecule has 0 aromatic heterocycles. The number of ether oxygens (including phenoxy) is 2. The van der Waals surface area contributed by atoms with E-state index < -0.39 is 0 Å². The van der Waals surface area contributed by atoms with Gasteiger partial charge in [-0.2, -0.15) is 0 Å². The average Bonchev–Trinajstić information content (AvgIpc) is 2.70. The second kappa shape index (κ2) is 8.44. The standard InChI is InChI=1S/C22H28N2O2S/c1-17-5-3-6-18(2)22(17)27-16-13-23-9-11-24(12-10-23)19-7-4-8-20-21(19)26-15-14-25-20/h3-8H,9-16H2,1-2H3. The highest BCUT2D eigenvalue weighted by molar-refractivity contribution is 7.99. The molecule has 5 heteroatoms. The second-order valence-electron chi connectivity index (χ2n) is 7.20. The van der Waals surface area contributed by atoms with E-state index in [4.69, 9.17) is 9.47 Å². The minimum absolute atomic E-state index is 0.638. The summed E-state index contributed by atoms with van der Waals surface area (Å²) in [5.74, 6) is 2.94. The van der Waals surface area contributed by atoms with E-state index >= 15 is 0 Å². The van der Waals surface area contributed by atoms with Crippen LogP contribution in [0, 0.1) is 13.8 Å². The maximum absolute atomic E-state index is 5.89. The van der Waals surface area contributed by atoms with Crippen molar-refractivity contribution in [1.29, 1.82) is 0 Å². The maximum Gasteiger partial charge on any atom is 0.184 e. The number of aryl methyl sites for hydroxylation is 2. The van der Waals surface area contributed by atoms with Crippen LogP contribution in [0.5, 0.6) is 11.5 Å². The van der Waals surface area contributed by atoms with E-state index in [1.54, 1.807) is 0 Å². The lowest BCUT2D eigenvalue weighted by Crippen LogP contribution is -2.47. The fourth-order valence-corrected chi connectivity index (χ4v) is 4.97. The normalized spacial score (nSPS) is 17.2. The van der Waals surface area contributed by atoms with Crippen LogP contribution in [0.1, 0.15) is 11.1 Å². The molecule has 2 aromatic carbocycles. The molecule has 2 heterocycles. The molecular weight excluding hydrogens is 356 g/mol. The summed E-state index contributed by atoms with van der Waals surface area (Å²) in [6.07, 6.45) is 0. The SMILES string of the molecule is Cc1cccc(C)c1SCCN1CCN(c2cccc3c2OCCO3)CC1. The highest BCUT2D eigenvalue weighted by Crippen LogP contribution is 2.39. The molecule has 0 spiro atoms. The van der Waals surface area contributed by atoms with Gasteiger partial charge in [0.2, 0.25) is 0 Å². The average molecular weight is 385 g/mol. The molecular formula is C22H28N2O2S. The molecule has 2 aliphatic heterocycles. The summed E-state index contributed by atoms with van der Waals surface area (Å²) in [6.45, 7) is 11.1. The number of rotatable bonds is 5. The Morgan fingerprint density at radius 1 is 0.889 bits per heavy atom. The molecule has 2 aliphatic rings. The molecule has 1 saturated heterocycles. The number of benzene rings is 2. The molecule has 0 radical (unpaired) electrons. The monoisotopic (exact) mass is 384 g/mol. The summed E-state index contributed by atoms with van der Waals surface area (Å²) in [5, 5.41) is 0. The van der Waals surface area contributed by atoms with Crippen molar-refractivity contribution in [3.8, 4) is 11.5 Å². The molecule has 27 heavy (non-hydrogen) atoms. The number of para-hydroxylation sites is 1. The lowest BCUT2D eigenvalue weighted by Gasteiger charge is -2.37. The van der Waals surface area contributed by atoms with Crippen LogP contribution in [0.3, 0.4) is 0 Å². The molecule has 0 unspecified atom stereocenters. The third kappa shape index (κ3) is 4.19. The molecule has 0 amide bonds. The van der Waals surface area contributed by atoms with E-state index in [0.717, 1.165) is 50.0 Å². The first kappa shape index (κ1) is 18.5. The molecule has 144 valence electrons. The molecule has 4 nitrogen and oxygen atoms in total. The zero-order chi connectivity index (χ0) is 18.6. The number of nitrogens with zero attached hydrogens (tertiary/aromatic N) is 2. The van der Waals surface area contributed by atoms with Crippen LogP contribution in [-0.2, 0) is 0 Å². The summed E-state index contributed by atoms with van der Waals surface area (Å²) in [6, 6.07) is 12.8. The number of hydrogen-bond acceptors (Lipinski definition) is 5. The molecule has 0 N–H and O–H groups in total. The van der Waals surface area contributed by atoms with E-state index in [2.05, 4.69) is 54.0 Å². The maximum atomic E-state index is 5.89. The van der Waals surface area contributed by atoms with E-state index in [1.807, 2.05) is 17.8 Å². The number of anilines is 1. The topological polar surface area (TPSA) is 24.9 Å². The van der Waals surface area contributed by atoms with Gasteiger partial charge in [0.05, 0.1) is 5.69 Å². The smallest absolute Gasteiger partial charge is 0.184 e. The van der Waals surface area contributed by atoms with Crippen molar-refractivity contribution in [3.05, 3.63) is 47.5 Å². The highest BCUT2D eigenvalue weighted by Gasteiger charge is 2.23. The largest absolute Gasteiger partial charge is 0.486 e. The number of thioether (sulfide) groups is 1. The van der Waals surface area contributed by atoms with Crippen molar-refractivity contribution >= 4 is 17.4 Å². The minimum atomic E-state index is 0.638. The first-order valence-corrected chi connectivity index (χ1v) is 10.8. The fraction of sp³-hybridized carbons (Fsp3) is 0.455. The summed E-state index contributed by atoms with van der Waals surface area (Å²) >= 11 is 1.99. The van der Waals surface area contributed by atoms with Crippen molar-refractivity contribution < 1.29 is 9.47 Å². The zero-order valence-corrected chi connectivity index (χ0v) is 17.1. The molecule has 2 aromatic rings. The van der Waals surface area contributed by atoms with E-state index in [1.165, 1.54) is 21.7 Å². The van der Waals surface area contributed by atoms with E-state index in [0.29, 0.717) is 13.2 Å². The van der Waals surface area contributed by atoms with Crippen molar-refractivity contribution in [2.24, 2.45) is 0 Å². The molecule has 0 saturated carbocycles. The van der Waals surface area contributed by atoms with Gasteiger partial charge in [0.15, 0.2) is 11.5 Å². The van der Waals surface area contributed by atoms with Crippen molar-refractivity contribution in [2.45, 2.75) is 18.7 Å². The number of piperazine rings is 1. The van der Waals surface area contributed by atoms with Crippen molar-refractivity contribution in [1.82, 2.24) is 4.90 Å². The van der Waals surface area contributed by atoms with E-state index in [-0.39, 0.29) is 0 Å². The van der Waals surface area contributed by atoms with Gasteiger partial charge in [0.1, 0.15) is 13.2 Å². The first-order valence-electron chi connectivity index (χ1n) is 9.77. The highest BCUT2D eigenvalue weighted by atomic mass is 32.2. The van der Waals surface area contributed by atoms with Gasteiger partial charge in [0.25, 0.3) is 0 Å². The predicted molar refractivity (Wildman–Crippen MR) is 113 cm³/mol. The van der Waals surface area contributed by atoms with Crippen LogP contribution < -0.4 is 14.4 Å². The van der Waals surface area contributed by atoms with Gasteiger partial charge >= 0.3 is 0 Å². The molecule has 0 atom stereocenters. The third-order valence-corrected chi connectivity index (χ3v) is 6.64. The Balaban J connectivity index is 1.30. The number of hydrogen-bond donors (Lipinski definition) is 0. The third-order valence-electron chi connectivity index (χ3n) is 5.32. The number of fused-ring (bicyclic) bond motifs is 1. The minimum Gasteiger partial charge on any atom is -0.486 e. The van der Waals surface area contributed by atoms with E-state index in [9.17, 15) is 0 Å². The van der Waals surface area contributed by atoms with Gasteiger partial charge in [-0.05, 0) is 37.1 Å². The van der Waals surface area contributed by atoms with Crippen LogP contribution in [0.25, 0.3) is 0 Å². The molecule has 4 rings (SSSR count). The molecule has 1 fully saturated rings. The van der Waals surface area contributed by atoms with Gasteiger partial charge in [-0.1, -0.05) is 24.3 Å². The van der Waals surface area contributed by atoms with Crippen LogP contribution in [0.4, 0.5) is 5.69 Å². The lowest BCUT2D eigenvalue weighted by atomic mass is 10.2. The predicted octanol–water partition coefficient (Wildman–Crippen LogP) is 3.99. The summed E-state index contributed by atoms with van der Waals surface area (Å²) in [4.78, 5) is 6.45. The Morgan fingerprint density at radius 2 is 1.59 bits per heavy atom. The van der Waals surface area contributed by atoms with Crippen LogP contribution in [0.2, 0.25) is 0 Å². The second-order valence-corrected chi connectivity index (χ2v) is 8.30. The fourth-order valence-electron chi connectivity index (χ4n) is 3.82. The van der Waals surface area contributed by atoms with Crippen LogP contribution in [-0.4, -0.2) is 56.6 Å². The Labute approximate surface area is 166 Å². The summed E-state index contributed by atoms with van der Waals surface area (Å²) < 4.78 is 11.6. The quantitative estimate of drug-likeness (QED) is 0.726. The Bertz CT molecular complexity index is 768. The van der Waals surface area contributed by atoms with Crippen LogP contribution in [0.15, 0.2) is 41.3 Å². The van der Waals surface area contributed by atoms with Gasteiger partial charge in [-0.3, -0.25) is 4.90 Å². The van der Waals surface area contributed by atoms with Crippen molar-refractivity contribution in [3.63, 3.8) is 0 Å². The van der Waals surface area contributed by atoms with Crippen LogP contribution >= 0.6 is 11.8 Å². The summed E-state index contributed by atoms with van der Waals surface area (Å²) in [7, 11) is 0. The molecule has 0 aliphatic carbocycles. The first-order chi connectivity index (χ1) is 13.2. The van der Waals surface area contributed by atoms with Crippen molar-refractivity contribution in [2.75, 3.05) is 56.6 Å². The van der Waals surface area contributed by atoms with Gasteiger partial charge in [0, 0.05) is 43.4 Å². The lowest BCUT2D eigenvalue weighted by molar-refractivity contribution is 0.171. The van der Waals surface area contributed by atoms with Gasteiger partial charge in [-0.15, -0.1) is 11.8 Å². The Hall–Kier alpha value is -1.85. The zero-order valence-electron chi connectivity index (χ0n) is 16.2. The molecule has 0 bridgehead atoms. The summed E-state index contributed by atoms with van der Waals surface area (Å²) in [5.41, 5.74) is 3.96.